The van der Waals surface area contributed by atoms with Crippen LogP contribution in [0.25, 0.3) is 0 Å². The van der Waals surface area contributed by atoms with E-state index in [-0.39, 0.29) is 24.5 Å². The maximum atomic E-state index is 11.9. The van der Waals surface area contributed by atoms with Gasteiger partial charge in [-0.15, -0.1) is 0 Å². The molecular weight excluding hydrogens is 327 g/mol. The Morgan fingerprint density at radius 3 is 2.68 bits per heavy atom. The molecule has 6 nitrogen and oxygen atoms in total. The zero-order chi connectivity index (χ0) is 16.1. The lowest BCUT2D eigenvalue weighted by atomic mass is 10.2. The van der Waals surface area contributed by atoms with Gasteiger partial charge in [0, 0.05) is 24.2 Å². The Labute approximate surface area is 136 Å². The second-order valence-corrected chi connectivity index (χ2v) is 5.27. The summed E-state index contributed by atoms with van der Waals surface area (Å²) >= 11 is 12.0. The quantitative estimate of drug-likeness (QED) is 0.575. The van der Waals surface area contributed by atoms with Crippen molar-refractivity contribution in [3.63, 3.8) is 0 Å². The Morgan fingerprint density at radius 2 is 2.09 bits per heavy atom. The van der Waals surface area contributed by atoms with Gasteiger partial charge in [-0.25, -0.2) is 10.4 Å². The van der Waals surface area contributed by atoms with Crippen molar-refractivity contribution >= 4 is 35.4 Å². The molecule has 0 unspecified atom stereocenters. The number of benzene rings is 1. The summed E-state index contributed by atoms with van der Waals surface area (Å²) in [7, 11) is 0. The highest BCUT2D eigenvalue weighted by atomic mass is 35.5. The van der Waals surface area contributed by atoms with E-state index < -0.39 is 0 Å². The number of aryl methyl sites for hydroxylation is 1. The molecule has 0 aliphatic rings. The fourth-order valence-corrected chi connectivity index (χ4v) is 2.36. The van der Waals surface area contributed by atoms with Gasteiger partial charge in [0.2, 0.25) is 5.95 Å². The van der Waals surface area contributed by atoms with Crippen LogP contribution in [-0.4, -0.2) is 27.9 Å². The van der Waals surface area contributed by atoms with Gasteiger partial charge in [0.1, 0.15) is 0 Å². The minimum atomic E-state index is -0.310. The highest BCUT2D eigenvalue weighted by Gasteiger charge is 2.07. The maximum absolute atomic E-state index is 11.9. The van der Waals surface area contributed by atoms with Gasteiger partial charge in [0.15, 0.2) is 0 Å². The summed E-state index contributed by atoms with van der Waals surface area (Å²) in [5, 5.41) is 13.8. The molecule has 0 atom stereocenters. The lowest BCUT2D eigenvalue weighted by Gasteiger charge is -2.05. The zero-order valence-electron chi connectivity index (χ0n) is 11.7. The van der Waals surface area contributed by atoms with E-state index in [1.165, 1.54) is 6.21 Å². The van der Waals surface area contributed by atoms with E-state index in [0.29, 0.717) is 26.9 Å². The predicted octanol–water partition coefficient (Wildman–Crippen LogP) is 2.37. The van der Waals surface area contributed by atoms with E-state index in [9.17, 15) is 4.79 Å². The number of nitrogens with zero attached hydrogens (tertiary/aromatic N) is 2. The van der Waals surface area contributed by atoms with Gasteiger partial charge < -0.3 is 5.11 Å². The van der Waals surface area contributed by atoms with Crippen LogP contribution < -0.4 is 11.0 Å². The number of aliphatic hydroxyl groups is 1. The summed E-state index contributed by atoms with van der Waals surface area (Å²) < 4.78 is 0. The van der Waals surface area contributed by atoms with Crippen LogP contribution in [0.4, 0.5) is 5.95 Å². The van der Waals surface area contributed by atoms with Crippen LogP contribution in [0.1, 0.15) is 16.8 Å². The van der Waals surface area contributed by atoms with Crippen molar-refractivity contribution in [3.05, 3.63) is 55.4 Å². The molecule has 22 heavy (non-hydrogen) atoms. The number of hydrogen-bond acceptors (Lipinski definition) is 5. The van der Waals surface area contributed by atoms with Crippen molar-refractivity contribution in [1.82, 2.24) is 9.97 Å². The number of aliphatic hydroxyl groups excluding tert-OH is 1. The Morgan fingerprint density at radius 1 is 1.41 bits per heavy atom. The van der Waals surface area contributed by atoms with Crippen molar-refractivity contribution in [2.24, 2.45) is 5.10 Å². The Kier molecular flexibility index (Phi) is 5.54. The van der Waals surface area contributed by atoms with Gasteiger partial charge >= 0.3 is 0 Å². The number of hydrazone groups is 1. The Balaban J connectivity index is 2.19. The van der Waals surface area contributed by atoms with Crippen LogP contribution >= 0.6 is 23.2 Å². The first-order valence-corrected chi connectivity index (χ1v) is 7.22. The van der Waals surface area contributed by atoms with Gasteiger partial charge in [0.25, 0.3) is 5.56 Å². The SMILES string of the molecule is Cc1nc(N/N=C\c2c(Cl)cccc2Cl)[nH]c(=O)c1CCO. The first kappa shape index (κ1) is 16.5. The fraction of sp³-hybridized carbons (Fsp3) is 0.214. The van der Waals surface area contributed by atoms with Gasteiger partial charge in [-0.1, -0.05) is 29.3 Å². The first-order chi connectivity index (χ1) is 10.5. The van der Waals surface area contributed by atoms with E-state index in [2.05, 4.69) is 20.5 Å². The molecular formula is C14H14Cl2N4O2. The number of aromatic nitrogens is 2. The van der Waals surface area contributed by atoms with Crippen molar-refractivity contribution in [3.8, 4) is 0 Å². The molecule has 0 radical (unpaired) electrons. The van der Waals surface area contributed by atoms with Crippen LogP contribution in [0.3, 0.4) is 0 Å². The molecule has 1 heterocycles. The molecule has 0 fully saturated rings. The maximum Gasteiger partial charge on any atom is 0.255 e. The number of nitrogens with one attached hydrogen (secondary N) is 2. The van der Waals surface area contributed by atoms with Crippen LogP contribution in [0.5, 0.6) is 0 Å². The summed E-state index contributed by atoms with van der Waals surface area (Å²) in [5.41, 5.74) is 3.86. The molecule has 2 rings (SSSR count). The second-order valence-electron chi connectivity index (χ2n) is 4.46. The number of H-pyrrole nitrogens is 1. The van der Waals surface area contributed by atoms with E-state index >= 15 is 0 Å². The van der Waals surface area contributed by atoms with E-state index in [1.807, 2.05) is 0 Å². The number of aromatic amines is 1. The number of rotatable bonds is 5. The molecule has 3 N–H and O–H groups in total. The molecule has 0 spiro atoms. The largest absolute Gasteiger partial charge is 0.396 e. The van der Waals surface area contributed by atoms with Gasteiger partial charge in [0.05, 0.1) is 22.0 Å². The summed E-state index contributed by atoms with van der Waals surface area (Å²) in [4.78, 5) is 18.6. The first-order valence-electron chi connectivity index (χ1n) is 6.46. The molecule has 0 bridgehead atoms. The summed E-state index contributed by atoms with van der Waals surface area (Å²) in [6, 6.07) is 5.13. The summed E-state index contributed by atoms with van der Waals surface area (Å²) in [6.45, 7) is 1.58. The summed E-state index contributed by atoms with van der Waals surface area (Å²) in [6.07, 6.45) is 1.70. The van der Waals surface area contributed by atoms with Crippen LogP contribution in [0.2, 0.25) is 10.0 Å². The molecule has 2 aromatic rings. The lowest BCUT2D eigenvalue weighted by Crippen LogP contribution is -2.19. The minimum Gasteiger partial charge on any atom is -0.396 e. The molecule has 0 aliphatic heterocycles. The van der Waals surface area contributed by atoms with Crippen LogP contribution in [0.15, 0.2) is 28.1 Å². The Hall–Kier alpha value is -1.89. The van der Waals surface area contributed by atoms with E-state index in [0.717, 1.165) is 0 Å². The normalized spacial score (nSPS) is 11.1. The topological polar surface area (TPSA) is 90.4 Å². The minimum absolute atomic E-state index is 0.110. The highest BCUT2D eigenvalue weighted by Crippen LogP contribution is 2.22. The van der Waals surface area contributed by atoms with Crippen molar-refractivity contribution in [1.29, 1.82) is 0 Å². The molecule has 0 amide bonds. The molecule has 0 saturated carbocycles. The predicted molar refractivity (Wildman–Crippen MR) is 88.1 cm³/mol. The monoisotopic (exact) mass is 340 g/mol. The molecule has 116 valence electrons. The third-order valence-corrected chi connectivity index (χ3v) is 3.61. The third kappa shape index (κ3) is 3.85. The van der Waals surface area contributed by atoms with Gasteiger partial charge in [-0.2, -0.15) is 5.10 Å². The average molecular weight is 341 g/mol. The zero-order valence-corrected chi connectivity index (χ0v) is 13.2. The van der Waals surface area contributed by atoms with Crippen molar-refractivity contribution in [2.75, 3.05) is 12.0 Å². The fourth-order valence-electron chi connectivity index (χ4n) is 1.86. The third-order valence-electron chi connectivity index (χ3n) is 2.95. The van der Waals surface area contributed by atoms with Crippen molar-refractivity contribution in [2.45, 2.75) is 13.3 Å². The average Bonchev–Trinajstić information content (AvgIpc) is 2.46. The number of hydrogen-bond donors (Lipinski definition) is 3. The Bertz CT molecular complexity index is 739. The smallest absolute Gasteiger partial charge is 0.255 e. The standard InChI is InChI=1S/C14H14Cl2N4O2/c1-8-9(5-6-21)13(22)19-14(18-8)20-17-7-10-11(15)3-2-4-12(10)16/h2-4,7,21H,5-6H2,1H3,(H2,18,19,20,22)/b17-7-. The number of halogens is 2. The van der Waals surface area contributed by atoms with E-state index in [1.54, 1.807) is 25.1 Å². The molecule has 0 aliphatic carbocycles. The van der Waals surface area contributed by atoms with E-state index in [4.69, 9.17) is 28.3 Å². The van der Waals surface area contributed by atoms with Crippen LogP contribution in [0, 0.1) is 6.92 Å². The lowest BCUT2D eigenvalue weighted by molar-refractivity contribution is 0.298. The van der Waals surface area contributed by atoms with Crippen LogP contribution in [-0.2, 0) is 6.42 Å². The molecule has 1 aromatic carbocycles. The highest BCUT2D eigenvalue weighted by molar-refractivity contribution is 6.38. The number of anilines is 1. The second kappa shape index (κ2) is 7.40. The van der Waals surface area contributed by atoms with Crippen molar-refractivity contribution < 1.29 is 5.11 Å². The van der Waals surface area contributed by atoms with Gasteiger partial charge in [-0.05, 0) is 19.1 Å². The molecule has 8 heteroatoms. The molecule has 0 saturated heterocycles. The summed E-state index contributed by atoms with van der Waals surface area (Å²) in [5.74, 6) is 0.198. The van der Waals surface area contributed by atoms with Gasteiger partial charge in [-0.3, -0.25) is 9.78 Å². The molecule has 1 aromatic heterocycles.